The third-order valence-corrected chi connectivity index (χ3v) is 4.93. The fraction of sp³-hybridized carbons (Fsp3) is 0.650. The molecule has 3 unspecified atom stereocenters. The third kappa shape index (κ3) is 5.69. The van der Waals surface area contributed by atoms with E-state index in [2.05, 4.69) is 19.2 Å². The molecule has 6 nitrogen and oxygen atoms in total. The fourth-order valence-corrected chi connectivity index (χ4v) is 3.69. The molecule has 2 heterocycles. The van der Waals surface area contributed by atoms with Crippen LogP contribution in [0.15, 0.2) is 30.3 Å². The first kappa shape index (κ1) is 19.1. The molecule has 3 atom stereocenters. The number of amides is 1. The molecule has 1 aromatic rings. The van der Waals surface area contributed by atoms with Gasteiger partial charge in [0.05, 0.1) is 31.5 Å². The molecule has 0 saturated carbocycles. The van der Waals surface area contributed by atoms with Crippen LogP contribution in [-0.4, -0.2) is 61.6 Å². The summed E-state index contributed by atoms with van der Waals surface area (Å²) >= 11 is 0. The minimum Gasteiger partial charge on any atom is -0.445 e. The molecular weight excluding hydrogens is 332 g/mol. The summed E-state index contributed by atoms with van der Waals surface area (Å²) in [6.07, 6.45) is 2.33. The summed E-state index contributed by atoms with van der Waals surface area (Å²) in [6, 6.07) is 10.2. The molecule has 1 N–H and O–H groups in total. The number of morpholine rings is 1. The molecule has 1 amide bonds. The van der Waals surface area contributed by atoms with Crippen molar-refractivity contribution in [3.63, 3.8) is 0 Å². The Morgan fingerprint density at radius 1 is 1.23 bits per heavy atom. The van der Waals surface area contributed by atoms with Gasteiger partial charge in [0.25, 0.3) is 0 Å². The van der Waals surface area contributed by atoms with Crippen LogP contribution in [0.25, 0.3) is 0 Å². The molecule has 2 saturated heterocycles. The Kier molecular flexibility index (Phi) is 6.88. The van der Waals surface area contributed by atoms with Gasteiger partial charge in [-0.05, 0) is 32.3 Å². The molecular formula is C20H30N2O4. The van der Waals surface area contributed by atoms with E-state index < -0.39 is 0 Å². The number of carbonyl (C=O) groups excluding carboxylic acids is 1. The van der Waals surface area contributed by atoms with Crippen molar-refractivity contribution in [1.29, 1.82) is 0 Å². The van der Waals surface area contributed by atoms with Gasteiger partial charge >= 0.3 is 6.09 Å². The number of nitrogens with zero attached hydrogens (tertiary/aromatic N) is 1. The molecule has 1 aromatic carbocycles. The number of rotatable bonds is 5. The zero-order chi connectivity index (χ0) is 18.4. The normalized spacial score (nSPS) is 29.4. The van der Waals surface area contributed by atoms with Crippen molar-refractivity contribution >= 4 is 6.09 Å². The Hall–Kier alpha value is -1.63. The highest BCUT2D eigenvalue weighted by atomic mass is 16.6. The van der Waals surface area contributed by atoms with Crippen LogP contribution in [0, 0.1) is 0 Å². The second-order valence-electron chi connectivity index (χ2n) is 7.31. The summed E-state index contributed by atoms with van der Waals surface area (Å²) < 4.78 is 17.0. The summed E-state index contributed by atoms with van der Waals surface area (Å²) in [5.74, 6) is 0. The van der Waals surface area contributed by atoms with E-state index in [0.29, 0.717) is 32.3 Å². The molecule has 2 aliphatic heterocycles. The molecule has 26 heavy (non-hydrogen) atoms. The van der Waals surface area contributed by atoms with Crippen LogP contribution in [0.5, 0.6) is 0 Å². The molecule has 2 fully saturated rings. The summed E-state index contributed by atoms with van der Waals surface area (Å²) in [7, 11) is 0. The smallest absolute Gasteiger partial charge is 0.410 e. The first-order chi connectivity index (χ1) is 12.6. The minimum atomic E-state index is -0.268. The monoisotopic (exact) mass is 362 g/mol. The second-order valence-corrected chi connectivity index (χ2v) is 7.31. The van der Waals surface area contributed by atoms with Crippen molar-refractivity contribution < 1.29 is 19.0 Å². The number of nitrogens with one attached hydrogen (secondary N) is 1. The zero-order valence-corrected chi connectivity index (χ0v) is 15.7. The predicted molar refractivity (Wildman–Crippen MR) is 99.0 cm³/mol. The van der Waals surface area contributed by atoms with E-state index in [1.54, 1.807) is 4.90 Å². The van der Waals surface area contributed by atoms with Gasteiger partial charge in [-0.2, -0.15) is 0 Å². The second kappa shape index (κ2) is 9.35. The Balaban J connectivity index is 1.41. The van der Waals surface area contributed by atoms with Crippen molar-refractivity contribution in [3.05, 3.63) is 35.9 Å². The molecule has 0 bridgehead atoms. The first-order valence-corrected chi connectivity index (χ1v) is 9.56. The SMILES string of the molecule is CC1CC(NCC2CN(C(=O)OCc3ccccc3)CCO2)CC(C)O1. The Labute approximate surface area is 155 Å². The number of hydrogen-bond donors (Lipinski definition) is 1. The number of carbonyl (C=O) groups is 1. The summed E-state index contributed by atoms with van der Waals surface area (Å²) in [5.41, 5.74) is 0.995. The van der Waals surface area contributed by atoms with Crippen molar-refractivity contribution in [2.24, 2.45) is 0 Å². The molecule has 0 radical (unpaired) electrons. The summed E-state index contributed by atoms with van der Waals surface area (Å²) in [4.78, 5) is 14.1. The summed E-state index contributed by atoms with van der Waals surface area (Å²) in [6.45, 7) is 6.97. The number of ether oxygens (including phenoxy) is 3. The number of benzene rings is 1. The lowest BCUT2D eigenvalue weighted by Crippen LogP contribution is -2.51. The quantitative estimate of drug-likeness (QED) is 0.872. The lowest BCUT2D eigenvalue weighted by Gasteiger charge is -2.36. The van der Waals surface area contributed by atoms with E-state index in [9.17, 15) is 4.79 Å². The molecule has 2 aliphatic rings. The first-order valence-electron chi connectivity index (χ1n) is 9.56. The van der Waals surface area contributed by atoms with Gasteiger partial charge in [0.2, 0.25) is 0 Å². The van der Waals surface area contributed by atoms with E-state index in [1.165, 1.54) is 0 Å². The van der Waals surface area contributed by atoms with E-state index in [1.807, 2.05) is 30.3 Å². The van der Waals surface area contributed by atoms with Gasteiger partial charge in [0, 0.05) is 19.1 Å². The topological polar surface area (TPSA) is 60.0 Å². The van der Waals surface area contributed by atoms with Gasteiger partial charge in [-0.1, -0.05) is 30.3 Å². The minimum absolute atomic E-state index is 0.00137. The third-order valence-electron chi connectivity index (χ3n) is 4.93. The average molecular weight is 362 g/mol. The van der Waals surface area contributed by atoms with Gasteiger partial charge in [-0.3, -0.25) is 0 Å². The Bertz CT molecular complexity index is 558. The maximum Gasteiger partial charge on any atom is 0.410 e. The Morgan fingerprint density at radius 2 is 1.96 bits per heavy atom. The van der Waals surface area contributed by atoms with E-state index in [0.717, 1.165) is 24.9 Å². The fourth-order valence-electron chi connectivity index (χ4n) is 3.69. The highest BCUT2D eigenvalue weighted by Gasteiger charge is 2.28. The predicted octanol–water partition coefficient (Wildman–Crippen LogP) is 2.57. The highest BCUT2D eigenvalue weighted by Crippen LogP contribution is 2.19. The van der Waals surface area contributed by atoms with Crippen LogP contribution < -0.4 is 5.32 Å². The standard InChI is InChI=1S/C20H30N2O4/c1-15-10-18(11-16(2)26-15)21-12-19-13-22(8-9-24-19)20(23)25-14-17-6-4-3-5-7-17/h3-7,15-16,18-19,21H,8-14H2,1-2H3. The molecule has 0 spiro atoms. The molecule has 0 aliphatic carbocycles. The van der Waals surface area contributed by atoms with Gasteiger partial charge < -0.3 is 24.4 Å². The van der Waals surface area contributed by atoms with Crippen LogP contribution in [0.3, 0.4) is 0 Å². The van der Waals surface area contributed by atoms with E-state index >= 15 is 0 Å². The van der Waals surface area contributed by atoms with E-state index in [4.69, 9.17) is 14.2 Å². The molecule has 3 rings (SSSR count). The molecule has 0 aromatic heterocycles. The Morgan fingerprint density at radius 3 is 2.69 bits per heavy atom. The van der Waals surface area contributed by atoms with Crippen molar-refractivity contribution in [2.45, 2.75) is 57.6 Å². The van der Waals surface area contributed by atoms with Crippen molar-refractivity contribution in [1.82, 2.24) is 10.2 Å². The maximum atomic E-state index is 12.3. The largest absolute Gasteiger partial charge is 0.445 e. The average Bonchev–Trinajstić information content (AvgIpc) is 2.65. The highest BCUT2D eigenvalue weighted by molar-refractivity contribution is 5.67. The zero-order valence-electron chi connectivity index (χ0n) is 15.7. The molecule has 6 heteroatoms. The van der Waals surface area contributed by atoms with Crippen LogP contribution in [-0.2, 0) is 20.8 Å². The number of hydrogen-bond acceptors (Lipinski definition) is 5. The lowest BCUT2D eigenvalue weighted by atomic mass is 10.00. The molecule has 144 valence electrons. The van der Waals surface area contributed by atoms with Gasteiger partial charge in [0.15, 0.2) is 0 Å². The van der Waals surface area contributed by atoms with E-state index in [-0.39, 0.29) is 24.4 Å². The van der Waals surface area contributed by atoms with Crippen LogP contribution in [0.4, 0.5) is 4.79 Å². The van der Waals surface area contributed by atoms with Crippen molar-refractivity contribution in [2.75, 3.05) is 26.2 Å². The van der Waals surface area contributed by atoms with Gasteiger partial charge in [-0.15, -0.1) is 0 Å². The van der Waals surface area contributed by atoms with Crippen molar-refractivity contribution in [3.8, 4) is 0 Å². The maximum absolute atomic E-state index is 12.3. The lowest BCUT2D eigenvalue weighted by molar-refractivity contribution is -0.0510. The summed E-state index contributed by atoms with van der Waals surface area (Å²) in [5, 5.41) is 3.59. The van der Waals surface area contributed by atoms with Gasteiger partial charge in [0.1, 0.15) is 6.61 Å². The van der Waals surface area contributed by atoms with Gasteiger partial charge in [-0.25, -0.2) is 4.79 Å². The van der Waals surface area contributed by atoms with Crippen LogP contribution >= 0.6 is 0 Å². The van der Waals surface area contributed by atoms with Crippen LogP contribution in [0.2, 0.25) is 0 Å². The van der Waals surface area contributed by atoms with Crippen LogP contribution in [0.1, 0.15) is 32.3 Å².